The smallest absolute Gasteiger partial charge is 0.232 e. The van der Waals surface area contributed by atoms with Crippen LogP contribution >= 0.6 is 0 Å². The molecule has 0 radical (unpaired) electrons. The molecule has 1 aromatic rings. The van der Waals surface area contributed by atoms with Crippen LogP contribution in [0.2, 0.25) is 0 Å². The second-order valence-electron chi connectivity index (χ2n) is 5.29. The van der Waals surface area contributed by atoms with E-state index in [2.05, 4.69) is 25.2 Å². The predicted molar refractivity (Wildman–Crippen MR) is 79.4 cm³/mol. The van der Waals surface area contributed by atoms with Crippen LogP contribution in [0.1, 0.15) is 19.3 Å². The summed E-state index contributed by atoms with van der Waals surface area (Å²) in [5.41, 5.74) is 5.78. The maximum atomic E-state index is 5.78. The molecule has 2 fully saturated rings. The van der Waals surface area contributed by atoms with E-state index in [0.29, 0.717) is 31.7 Å². The van der Waals surface area contributed by atoms with Crippen molar-refractivity contribution in [3.8, 4) is 0 Å². The van der Waals surface area contributed by atoms with Gasteiger partial charge in [0.25, 0.3) is 0 Å². The largest absolute Gasteiger partial charge is 0.378 e. The van der Waals surface area contributed by atoms with E-state index in [0.717, 1.165) is 32.5 Å². The molecule has 0 aliphatic carbocycles. The summed E-state index contributed by atoms with van der Waals surface area (Å²) in [5, 5.41) is 3.21. The van der Waals surface area contributed by atoms with Crippen molar-refractivity contribution in [3.05, 3.63) is 0 Å². The zero-order valence-electron chi connectivity index (χ0n) is 12.1. The fourth-order valence-corrected chi connectivity index (χ4v) is 2.54. The van der Waals surface area contributed by atoms with Crippen molar-refractivity contribution in [2.45, 2.75) is 25.4 Å². The van der Waals surface area contributed by atoms with Crippen LogP contribution in [0, 0.1) is 0 Å². The van der Waals surface area contributed by atoms with E-state index in [4.69, 9.17) is 15.2 Å². The minimum Gasteiger partial charge on any atom is -0.378 e. The van der Waals surface area contributed by atoms with E-state index < -0.39 is 0 Å². The second kappa shape index (κ2) is 6.86. The van der Waals surface area contributed by atoms with Crippen LogP contribution in [-0.2, 0) is 9.47 Å². The Morgan fingerprint density at radius 2 is 2.00 bits per heavy atom. The molecule has 0 aromatic carbocycles. The standard InChI is InChI=1S/C13H22N6O2/c14-11-16-12(15-9-10-3-1-2-6-21-10)18-13(17-11)19-4-7-20-8-5-19/h10H,1-9H2,(H3,14,15,16,17,18). The number of anilines is 3. The van der Waals surface area contributed by atoms with Crippen molar-refractivity contribution in [2.75, 3.05) is 55.4 Å². The number of morpholine rings is 1. The molecule has 3 N–H and O–H groups in total. The van der Waals surface area contributed by atoms with Crippen molar-refractivity contribution in [1.82, 2.24) is 15.0 Å². The molecule has 0 bridgehead atoms. The molecule has 116 valence electrons. The average molecular weight is 294 g/mol. The summed E-state index contributed by atoms with van der Waals surface area (Å²) in [7, 11) is 0. The fourth-order valence-electron chi connectivity index (χ4n) is 2.54. The van der Waals surface area contributed by atoms with Gasteiger partial charge in [-0.05, 0) is 19.3 Å². The molecule has 8 nitrogen and oxygen atoms in total. The molecule has 8 heteroatoms. The van der Waals surface area contributed by atoms with Crippen molar-refractivity contribution in [2.24, 2.45) is 0 Å². The van der Waals surface area contributed by atoms with Crippen LogP contribution < -0.4 is 16.0 Å². The number of nitrogens with two attached hydrogens (primary N) is 1. The number of nitrogens with one attached hydrogen (secondary N) is 1. The molecule has 2 saturated heterocycles. The molecular formula is C13H22N6O2. The number of hydrogen-bond acceptors (Lipinski definition) is 8. The lowest BCUT2D eigenvalue weighted by molar-refractivity contribution is 0.0246. The molecule has 0 saturated carbocycles. The van der Waals surface area contributed by atoms with Crippen molar-refractivity contribution in [3.63, 3.8) is 0 Å². The van der Waals surface area contributed by atoms with Gasteiger partial charge in [0.1, 0.15) is 0 Å². The third-order valence-corrected chi connectivity index (χ3v) is 3.70. The van der Waals surface area contributed by atoms with Crippen LogP contribution in [0.3, 0.4) is 0 Å². The molecule has 1 aromatic heterocycles. The number of aromatic nitrogens is 3. The highest BCUT2D eigenvalue weighted by atomic mass is 16.5. The predicted octanol–water partition coefficient (Wildman–Crippen LogP) is 0.271. The maximum absolute atomic E-state index is 5.78. The minimum atomic E-state index is 0.226. The van der Waals surface area contributed by atoms with E-state index in [9.17, 15) is 0 Å². The Hall–Kier alpha value is -1.67. The van der Waals surface area contributed by atoms with Crippen molar-refractivity contribution < 1.29 is 9.47 Å². The summed E-state index contributed by atoms with van der Waals surface area (Å²) in [4.78, 5) is 14.9. The zero-order chi connectivity index (χ0) is 14.5. The molecule has 3 heterocycles. The quantitative estimate of drug-likeness (QED) is 0.816. The van der Waals surface area contributed by atoms with E-state index in [1.165, 1.54) is 6.42 Å². The van der Waals surface area contributed by atoms with Gasteiger partial charge in [0.2, 0.25) is 17.8 Å². The van der Waals surface area contributed by atoms with Gasteiger partial charge in [-0.1, -0.05) is 0 Å². The summed E-state index contributed by atoms with van der Waals surface area (Å²) in [5.74, 6) is 1.36. The lowest BCUT2D eigenvalue weighted by Gasteiger charge is -2.27. The molecule has 2 aliphatic heterocycles. The van der Waals surface area contributed by atoms with Crippen LogP contribution in [0.5, 0.6) is 0 Å². The van der Waals surface area contributed by atoms with E-state index in [1.54, 1.807) is 0 Å². The normalized spacial score (nSPS) is 23.0. The lowest BCUT2D eigenvalue weighted by atomic mass is 10.1. The molecule has 0 spiro atoms. The number of nitrogen functional groups attached to an aromatic ring is 1. The first-order valence-electron chi connectivity index (χ1n) is 7.51. The van der Waals surface area contributed by atoms with E-state index >= 15 is 0 Å². The Labute approximate surface area is 124 Å². The number of hydrogen-bond donors (Lipinski definition) is 2. The molecule has 3 rings (SSSR count). The third-order valence-electron chi connectivity index (χ3n) is 3.70. The summed E-state index contributed by atoms with van der Waals surface area (Å²) >= 11 is 0. The molecule has 0 amide bonds. The second-order valence-corrected chi connectivity index (χ2v) is 5.29. The topological polar surface area (TPSA) is 98.4 Å². The fraction of sp³-hybridized carbons (Fsp3) is 0.769. The summed E-state index contributed by atoms with van der Waals surface area (Å²) in [6.07, 6.45) is 3.66. The highest BCUT2D eigenvalue weighted by Crippen LogP contribution is 2.16. The minimum absolute atomic E-state index is 0.226. The van der Waals surface area contributed by atoms with Gasteiger partial charge in [0, 0.05) is 26.2 Å². The SMILES string of the molecule is Nc1nc(NCC2CCCCO2)nc(N2CCOCC2)n1. The molecule has 21 heavy (non-hydrogen) atoms. The number of ether oxygens (including phenoxy) is 2. The average Bonchev–Trinajstić information content (AvgIpc) is 2.54. The van der Waals surface area contributed by atoms with E-state index in [-0.39, 0.29) is 12.1 Å². The van der Waals surface area contributed by atoms with Crippen LogP contribution in [0.25, 0.3) is 0 Å². The van der Waals surface area contributed by atoms with Gasteiger partial charge in [-0.25, -0.2) is 0 Å². The molecular weight excluding hydrogens is 272 g/mol. The first-order chi connectivity index (χ1) is 10.3. The van der Waals surface area contributed by atoms with Gasteiger partial charge in [-0.3, -0.25) is 0 Å². The molecule has 1 unspecified atom stereocenters. The molecule has 2 aliphatic rings. The van der Waals surface area contributed by atoms with Crippen LogP contribution in [-0.4, -0.2) is 60.5 Å². The lowest BCUT2D eigenvalue weighted by Crippen LogP contribution is -2.37. The summed E-state index contributed by atoms with van der Waals surface area (Å²) < 4.78 is 11.0. The van der Waals surface area contributed by atoms with Gasteiger partial charge >= 0.3 is 0 Å². The number of rotatable bonds is 4. The van der Waals surface area contributed by atoms with Gasteiger partial charge < -0.3 is 25.4 Å². The monoisotopic (exact) mass is 294 g/mol. The van der Waals surface area contributed by atoms with Gasteiger partial charge in [0.15, 0.2) is 0 Å². The Kier molecular flexibility index (Phi) is 4.66. The van der Waals surface area contributed by atoms with Crippen molar-refractivity contribution >= 4 is 17.8 Å². The zero-order valence-corrected chi connectivity index (χ0v) is 12.1. The summed E-state index contributed by atoms with van der Waals surface area (Å²) in [6.45, 7) is 4.45. The first-order valence-corrected chi connectivity index (χ1v) is 7.51. The van der Waals surface area contributed by atoms with Crippen LogP contribution in [0.4, 0.5) is 17.8 Å². The van der Waals surface area contributed by atoms with Gasteiger partial charge in [-0.15, -0.1) is 0 Å². The Bertz CT molecular complexity index is 460. The first kappa shape index (κ1) is 14.3. The Balaban J connectivity index is 1.62. The van der Waals surface area contributed by atoms with E-state index in [1.807, 2.05) is 0 Å². The molecule has 1 atom stereocenters. The van der Waals surface area contributed by atoms with Crippen LogP contribution in [0.15, 0.2) is 0 Å². The maximum Gasteiger partial charge on any atom is 0.232 e. The third kappa shape index (κ3) is 3.92. The Morgan fingerprint density at radius 3 is 2.76 bits per heavy atom. The Morgan fingerprint density at radius 1 is 1.14 bits per heavy atom. The summed E-state index contributed by atoms with van der Waals surface area (Å²) in [6, 6.07) is 0. The van der Waals surface area contributed by atoms with Gasteiger partial charge in [0.05, 0.1) is 19.3 Å². The van der Waals surface area contributed by atoms with Crippen molar-refractivity contribution in [1.29, 1.82) is 0 Å². The highest BCUT2D eigenvalue weighted by Gasteiger charge is 2.17. The highest BCUT2D eigenvalue weighted by molar-refractivity contribution is 5.42. The van der Waals surface area contributed by atoms with Gasteiger partial charge in [-0.2, -0.15) is 15.0 Å². The number of nitrogens with zero attached hydrogens (tertiary/aromatic N) is 4.